The van der Waals surface area contributed by atoms with E-state index < -0.39 is 16.9 Å². The minimum Gasteiger partial charge on any atom is -0.496 e. The molecule has 2 rings (SSSR count). The van der Waals surface area contributed by atoms with Crippen molar-refractivity contribution < 1.29 is 19.6 Å². The van der Waals surface area contributed by atoms with Gasteiger partial charge in [0.1, 0.15) is 17.5 Å². The van der Waals surface area contributed by atoms with Gasteiger partial charge in [-0.2, -0.15) is 0 Å². The van der Waals surface area contributed by atoms with Crippen LogP contribution in [0.1, 0.15) is 19.8 Å². The van der Waals surface area contributed by atoms with Crippen molar-refractivity contribution in [3.63, 3.8) is 0 Å². The van der Waals surface area contributed by atoms with Crippen LogP contribution in [0, 0.1) is 16.0 Å². The van der Waals surface area contributed by atoms with Gasteiger partial charge in [-0.3, -0.25) is 10.1 Å². The second-order valence-corrected chi connectivity index (χ2v) is 5.21. The van der Waals surface area contributed by atoms with E-state index in [9.17, 15) is 20.0 Å². The van der Waals surface area contributed by atoms with E-state index in [-0.39, 0.29) is 11.6 Å². The lowest BCUT2D eigenvalue weighted by atomic mass is 9.90. The monoisotopic (exact) mass is 294 g/mol. The third kappa shape index (κ3) is 2.91. The molecule has 1 aliphatic rings. The highest BCUT2D eigenvalue weighted by molar-refractivity contribution is 5.81. The van der Waals surface area contributed by atoms with Gasteiger partial charge in [-0.15, -0.1) is 0 Å². The lowest BCUT2D eigenvalue weighted by molar-refractivity contribution is -0.384. The molecular weight excluding hydrogens is 276 g/mol. The van der Waals surface area contributed by atoms with Gasteiger partial charge in [0.15, 0.2) is 0 Å². The zero-order chi connectivity index (χ0) is 15.6. The maximum absolute atomic E-state index is 11.5. The number of rotatable bonds is 4. The summed E-state index contributed by atoms with van der Waals surface area (Å²) in [4.78, 5) is 23.9. The van der Waals surface area contributed by atoms with Crippen molar-refractivity contribution in [2.45, 2.75) is 25.8 Å². The Kier molecular flexibility index (Phi) is 4.30. The van der Waals surface area contributed by atoms with E-state index in [0.717, 1.165) is 12.8 Å². The van der Waals surface area contributed by atoms with Crippen LogP contribution in [0.3, 0.4) is 0 Å². The van der Waals surface area contributed by atoms with Crippen LogP contribution in [0.2, 0.25) is 0 Å². The van der Waals surface area contributed by atoms with Crippen molar-refractivity contribution in [3.05, 3.63) is 28.3 Å². The number of hydrogen-bond acceptors (Lipinski definition) is 5. The summed E-state index contributed by atoms with van der Waals surface area (Å²) in [5, 5.41) is 20.7. The number of hydrogen-bond donors (Lipinski definition) is 1. The number of anilines is 1. The molecule has 114 valence electrons. The topological polar surface area (TPSA) is 92.9 Å². The molecule has 0 radical (unpaired) electrons. The Hall–Kier alpha value is -2.31. The molecule has 1 aliphatic heterocycles. The number of nitro groups is 1. The van der Waals surface area contributed by atoms with Crippen molar-refractivity contribution >= 4 is 17.3 Å². The molecular formula is C14H18N2O5. The first-order valence-electron chi connectivity index (χ1n) is 6.77. The summed E-state index contributed by atoms with van der Waals surface area (Å²) in [7, 11) is 1.43. The molecule has 0 bridgehead atoms. The number of carboxylic acid groups (broad SMARTS) is 1. The van der Waals surface area contributed by atoms with Crippen LogP contribution >= 0.6 is 0 Å². The molecule has 1 fully saturated rings. The first-order chi connectivity index (χ1) is 9.95. The number of ether oxygens (including phenoxy) is 1. The lowest BCUT2D eigenvalue weighted by Gasteiger charge is -2.38. The highest BCUT2D eigenvalue weighted by atomic mass is 16.6. The molecule has 7 heteroatoms. The van der Waals surface area contributed by atoms with E-state index in [0.29, 0.717) is 18.0 Å². The molecule has 1 heterocycles. The van der Waals surface area contributed by atoms with Crippen LogP contribution in [-0.4, -0.2) is 35.7 Å². The third-order valence-electron chi connectivity index (χ3n) is 3.87. The van der Waals surface area contributed by atoms with Gasteiger partial charge in [0, 0.05) is 6.54 Å². The molecule has 1 saturated heterocycles. The van der Waals surface area contributed by atoms with Crippen LogP contribution in [-0.2, 0) is 4.79 Å². The maximum Gasteiger partial charge on any atom is 0.326 e. The summed E-state index contributed by atoms with van der Waals surface area (Å²) in [5.41, 5.74) is 0.203. The molecule has 0 saturated carbocycles. The predicted molar refractivity (Wildman–Crippen MR) is 76.8 cm³/mol. The van der Waals surface area contributed by atoms with Gasteiger partial charge in [-0.1, -0.05) is 6.92 Å². The van der Waals surface area contributed by atoms with Gasteiger partial charge in [0.25, 0.3) is 5.69 Å². The van der Waals surface area contributed by atoms with Crippen LogP contribution in [0.5, 0.6) is 5.75 Å². The van der Waals surface area contributed by atoms with Gasteiger partial charge in [-0.25, -0.2) is 4.79 Å². The fourth-order valence-electron chi connectivity index (χ4n) is 2.85. The minimum absolute atomic E-state index is 0.0574. The summed E-state index contributed by atoms with van der Waals surface area (Å²) in [6, 6.07) is 3.75. The van der Waals surface area contributed by atoms with E-state index in [1.165, 1.54) is 13.2 Å². The predicted octanol–water partition coefficient (Wildman–Crippen LogP) is 2.29. The quantitative estimate of drug-likeness (QED) is 0.676. The van der Waals surface area contributed by atoms with E-state index >= 15 is 0 Å². The van der Waals surface area contributed by atoms with E-state index in [1.54, 1.807) is 17.0 Å². The fraction of sp³-hybridized carbons (Fsp3) is 0.500. The number of carbonyl (C=O) groups is 1. The molecule has 2 atom stereocenters. The number of nitro benzene ring substituents is 1. The molecule has 0 aromatic heterocycles. The summed E-state index contributed by atoms with van der Waals surface area (Å²) in [5.74, 6) is -0.632. The Labute approximate surface area is 122 Å². The Morgan fingerprint density at radius 3 is 2.81 bits per heavy atom. The average Bonchev–Trinajstić information content (AvgIpc) is 2.45. The van der Waals surface area contributed by atoms with Gasteiger partial charge >= 0.3 is 5.97 Å². The number of benzene rings is 1. The Morgan fingerprint density at radius 1 is 1.52 bits per heavy atom. The number of aliphatic carboxylic acids is 1. The number of methoxy groups -OCH3 is 1. The highest BCUT2D eigenvalue weighted by Crippen LogP contribution is 2.37. The summed E-state index contributed by atoms with van der Waals surface area (Å²) in [6.45, 7) is 2.36. The lowest BCUT2D eigenvalue weighted by Crippen LogP contribution is -2.49. The van der Waals surface area contributed by atoms with Crippen molar-refractivity contribution in [2.75, 3.05) is 18.6 Å². The first-order valence-corrected chi connectivity index (χ1v) is 6.77. The van der Waals surface area contributed by atoms with E-state index in [1.807, 2.05) is 6.92 Å². The maximum atomic E-state index is 11.5. The minimum atomic E-state index is -0.952. The zero-order valence-electron chi connectivity index (χ0n) is 12.0. The van der Waals surface area contributed by atoms with Crippen molar-refractivity contribution in [3.8, 4) is 5.75 Å². The molecule has 1 N–H and O–H groups in total. The standard InChI is InChI=1S/C14H18N2O5/c1-9-4-3-7-15(13(9)14(17)18)11-6-5-10(21-2)8-12(11)16(19)20/h5-6,8-9,13H,3-4,7H2,1-2H3,(H,17,18). The highest BCUT2D eigenvalue weighted by Gasteiger charge is 2.37. The molecule has 0 spiro atoms. The van der Waals surface area contributed by atoms with Crippen LogP contribution in [0.15, 0.2) is 18.2 Å². The Morgan fingerprint density at radius 2 is 2.24 bits per heavy atom. The molecule has 0 aliphatic carbocycles. The van der Waals surface area contributed by atoms with Gasteiger partial charge < -0.3 is 14.7 Å². The first kappa shape index (κ1) is 15.1. The van der Waals surface area contributed by atoms with Gasteiger partial charge in [-0.05, 0) is 30.9 Å². The normalized spacial score (nSPS) is 21.9. The molecule has 7 nitrogen and oxygen atoms in total. The zero-order valence-corrected chi connectivity index (χ0v) is 12.0. The van der Waals surface area contributed by atoms with Crippen molar-refractivity contribution in [2.24, 2.45) is 5.92 Å². The smallest absolute Gasteiger partial charge is 0.326 e. The fourth-order valence-corrected chi connectivity index (χ4v) is 2.85. The van der Waals surface area contributed by atoms with E-state index in [2.05, 4.69) is 0 Å². The van der Waals surface area contributed by atoms with Crippen LogP contribution in [0.4, 0.5) is 11.4 Å². The second kappa shape index (κ2) is 5.99. The molecule has 21 heavy (non-hydrogen) atoms. The Balaban J connectivity index is 2.48. The summed E-state index contributed by atoms with van der Waals surface area (Å²) in [6.07, 6.45) is 1.62. The van der Waals surface area contributed by atoms with Crippen LogP contribution in [0.25, 0.3) is 0 Å². The van der Waals surface area contributed by atoms with Crippen molar-refractivity contribution in [1.82, 2.24) is 0 Å². The van der Waals surface area contributed by atoms with E-state index in [4.69, 9.17) is 4.74 Å². The third-order valence-corrected chi connectivity index (χ3v) is 3.87. The van der Waals surface area contributed by atoms with Crippen molar-refractivity contribution in [1.29, 1.82) is 0 Å². The average molecular weight is 294 g/mol. The summed E-state index contributed by atoms with van der Waals surface area (Å²) < 4.78 is 5.00. The molecule has 2 unspecified atom stereocenters. The summed E-state index contributed by atoms with van der Waals surface area (Å²) >= 11 is 0. The molecule has 0 amide bonds. The number of piperidine rings is 1. The SMILES string of the molecule is COc1ccc(N2CCCC(C)C2C(=O)O)c([N+](=O)[O-])c1. The van der Waals surface area contributed by atoms with Gasteiger partial charge in [0.05, 0.1) is 18.1 Å². The largest absolute Gasteiger partial charge is 0.496 e. The Bertz CT molecular complexity index is 560. The second-order valence-electron chi connectivity index (χ2n) is 5.21. The molecule has 1 aromatic carbocycles. The molecule has 1 aromatic rings. The number of nitrogens with zero attached hydrogens (tertiary/aromatic N) is 2. The number of carboxylic acids is 1. The van der Waals surface area contributed by atoms with Gasteiger partial charge in [0.2, 0.25) is 0 Å². The van der Waals surface area contributed by atoms with Crippen LogP contribution < -0.4 is 9.64 Å².